The van der Waals surface area contributed by atoms with Crippen LogP contribution in [0.3, 0.4) is 0 Å². The van der Waals surface area contributed by atoms with Crippen LogP contribution < -0.4 is 21.3 Å². The number of nitrogens with zero attached hydrogens (tertiary/aromatic N) is 3. The molecule has 2 aromatic heterocycles. The number of amides is 1. The number of carbonyl (C=O) groups excluding carboxylic acids is 1. The molecule has 4 aromatic rings. The highest BCUT2D eigenvalue weighted by Crippen LogP contribution is 2.38. The van der Waals surface area contributed by atoms with Crippen molar-refractivity contribution in [2.45, 2.75) is 12.8 Å². The lowest BCUT2D eigenvalue weighted by Crippen LogP contribution is -2.18. The zero-order chi connectivity index (χ0) is 22.3. The van der Waals surface area contributed by atoms with Gasteiger partial charge >= 0.3 is 0 Å². The Labute approximate surface area is 184 Å². The van der Waals surface area contributed by atoms with Crippen molar-refractivity contribution in [2.24, 2.45) is 0 Å². The first-order chi connectivity index (χ1) is 15.4. The topological polar surface area (TPSA) is 125 Å². The zero-order valence-electron chi connectivity index (χ0n) is 17.6. The van der Waals surface area contributed by atoms with Crippen molar-refractivity contribution in [3.63, 3.8) is 0 Å². The molecule has 3 heterocycles. The first-order valence-electron chi connectivity index (χ1n) is 10.2. The summed E-state index contributed by atoms with van der Waals surface area (Å²) in [5.74, 6) is 0.937. The first-order valence-corrected chi connectivity index (χ1v) is 12.8. The van der Waals surface area contributed by atoms with Gasteiger partial charge in [0, 0.05) is 23.1 Å². The molecular formula is C22H22N7O2P. The summed E-state index contributed by atoms with van der Waals surface area (Å²) < 4.78 is 12.8. The molecule has 0 saturated heterocycles. The van der Waals surface area contributed by atoms with Gasteiger partial charge < -0.3 is 25.5 Å². The molecule has 0 unspecified atom stereocenters. The van der Waals surface area contributed by atoms with Crippen LogP contribution in [0.5, 0.6) is 0 Å². The lowest BCUT2D eigenvalue weighted by molar-refractivity contribution is -0.116. The van der Waals surface area contributed by atoms with Gasteiger partial charge in [0.05, 0.1) is 12.0 Å². The number of imidazole rings is 1. The van der Waals surface area contributed by atoms with Crippen molar-refractivity contribution < 1.29 is 9.36 Å². The quantitative estimate of drug-likeness (QED) is 0.341. The number of para-hydroxylation sites is 1. The van der Waals surface area contributed by atoms with E-state index in [0.717, 1.165) is 27.9 Å². The van der Waals surface area contributed by atoms with Gasteiger partial charge in [-0.1, -0.05) is 12.1 Å². The number of aromatic amines is 1. The molecule has 9 nitrogen and oxygen atoms in total. The molecule has 0 bridgehead atoms. The van der Waals surface area contributed by atoms with Crippen LogP contribution in [-0.4, -0.2) is 39.2 Å². The predicted octanol–water partition coefficient (Wildman–Crippen LogP) is 3.97. The zero-order valence-corrected chi connectivity index (χ0v) is 18.5. The molecule has 0 radical (unpaired) electrons. The summed E-state index contributed by atoms with van der Waals surface area (Å²) in [6.45, 7) is 3.48. The van der Waals surface area contributed by atoms with Gasteiger partial charge in [0.15, 0.2) is 11.5 Å². The SMILES string of the molecule is CP(C)(=O)c1ccccc1Nc1nc(Nc2ccc3c(c2)CCC(=O)N3)nc2nc[nH]c12. The van der Waals surface area contributed by atoms with Gasteiger partial charge in [-0.25, -0.2) is 4.98 Å². The van der Waals surface area contributed by atoms with E-state index in [4.69, 9.17) is 0 Å². The number of fused-ring (bicyclic) bond motifs is 2. The Hall–Kier alpha value is -3.71. The molecule has 10 heteroatoms. The molecular weight excluding hydrogens is 425 g/mol. The van der Waals surface area contributed by atoms with Crippen LogP contribution in [0.15, 0.2) is 48.8 Å². The number of aromatic nitrogens is 4. The predicted molar refractivity (Wildman–Crippen MR) is 127 cm³/mol. The van der Waals surface area contributed by atoms with Gasteiger partial charge in [-0.3, -0.25) is 4.79 Å². The van der Waals surface area contributed by atoms with Crippen molar-refractivity contribution >= 4 is 58.3 Å². The second-order valence-corrected chi connectivity index (χ2v) is 11.2. The highest BCUT2D eigenvalue weighted by atomic mass is 31.2. The second kappa shape index (κ2) is 7.76. The van der Waals surface area contributed by atoms with Crippen LogP contribution in [0.4, 0.5) is 28.8 Å². The number of rotatable bonds is 5. The van der Waals surface area contributed by atoms with Crippen molar-refractivity contribution in [1.29, 1.82) is 0 Å². The second-order valence-electron chi connectivity index (χ2n) is 8.04. The third kappa shape index (κ3) is 3.94. The smallest absolute Gasteiger partial charge is 0.231 e. The maximum absolute atomic E-state index is 12.8. The minimum atomic E-state index is -2.50. The summed E-state index contributed by atoms with van der Waals surface area (Å²) in [5, 5.41) is 10.2. The van der Waals surface area contributed by atoms with E-state index in [2.05, 4.69) is 35.9 Å². The average molecular weight is 447 g/mol. The van der Waals surface area contributed by atoms with Crippen LogP contribution in [0.1, 0.15) is 12.0 Å². The molecule has 0 atom stereocenters. The fourth-order valence-electron chi connectivity index (χ4n) is 3.75. The number of hydrogen-bond donors (Lipinski definition) is 4. The van der Waals surface area contributed by atoms with E-state index in [9.17, 15) is 9.36 Å². The number of carbonyl (C=O) groups is 1. The van der Waals surface area contributed by atoms with E-state index in [1.807, 2.05) is 42.5 Å². The summed E-state index contributed by atoms with van der Waals surface area (Å²) in [4.78, 5) is 28.1. The number of aryl methyl sites for hydroxylation is 1. The molecule has 1 aliphatic rings. The summed E-state index contributed by atoms with van der Waals surface area (Å²) in [7, 11) is -2.50. The molecule has 0 aliphatic carbocycles. The first kappa shape index (κ1) is 20.2. The Morgan fingerprint density at radius 2 is 1.88 bits per heavy atom. The third-order valence-electron chi connectivity index (χ3n) is 5.28. The van der Waals surface area contributed by atoms with E-state index in [1.165, 1.54) is 0 Å². The molecule has 5 rings (SSSR count). The highest BCUT2D eigenvalue weighted by Gasteiger charge is 2.19. The van der Waals surface area contributed by atoms with E-state index in [1.54, 1.807) is 19.7 Å². The van der Waals surface area contributed by atoms with Crippen molar-refractivity contribution in [3.8, 4) is 0 Å². The third-order valence-corrected chi connectivity index (χ3v) is 6.83. The molecule has 4 N–H and O–H groups in total. The lowest BCUT2D eigenvalue weighted by Gasteiger charge is -2.18. The summed E-state index contributed by atoms with van der Waals surface area (Å²) in [6.07, 6.45) is 2.72. The fraction of sp³-hybridized carbons (Fsp3) is 0.182. The summed E-state index contributed by atoms with van der Waals surface area (Å²) in [5.41, 5.74) is 4.59. The summed E-state index contributed by atoms with van der Waals surface area (Å²) in [6, 6.07) is 13.2. The molecule has 1 aliphatic heterocycles. The Morgan fingerprint density at radius 3 is 2.72 bits per heavy atom. The highest BCUT2D eigenvalue weighted by molar-refractivity contribution is 7.70. The van der Waals surface area contributed by atoms with Gasteiger partial charge in [0.1, 0.15) is 12.7 Å². The van der Waals surface area contributed by atoms with Crippen molar-refractivity contribution in [3.05, 3.63) is 54.4 Å². The Balaban J connectivity index is 1.50. The number of benzene rings is 2. The summed E-state index contributed by atoms with van der Waals surface area (Å²) >= 11 is 0. The Bertz CT molecular complexity index is 1390. The maximum Gasteiger partial charge on any atom is 0.231 e. The standard InChI is InChI=1S/C22H22N7O2P/c1-32(2,31)17-6-4-3-5-16(17)27-21-19-20(24-12-23-19)28-22(29-21)25-14-8-9-15-13(11-14)7-10-18(30)26-15/h3-6,8-9,11-12H,7,10H2,1-2H3,(H,26,30)(H3,23,24,25,27,28,29). The maximum atomic E-state index is 12.8. The Kier molecular flexibility index (Phi) is 4.90. The van der Waals surface area contributed by atoms with Gasteiger partial charge in [-0.2, -0.15) is 9.97 Å². The van der Waals surface area contributed by atoms with E-state index < -0.39 is 7.14 Å². The van der Waals surface area contributed by atoms with E-state index in [0.29, 0.717) is 35.8 Å². The minimum Gasteiger partial charge on any atom is -0.340 e. The monoisotopic (exact) mass is 447 g/mol. The molecule has 2 aromatic carbocycles. The van der Waals surface area contributed by atoms with Crippen LogP contribution in [0.2, 0.25) is 0 Å². The van der Waals surface area contributed by atoms with Gasteiger partial charge in [-0.05, 0) is 55.6 Å². The molecule has 0 fully saturated rings. The lowest BCUT2D eigenvalue weighted by atomic mass is 10.0. The van der Waals surface area contributed by atoms with E-state index in [-0.39, 0.29) is 5.91 Å². The Morgan fingerprint density at radius 1 is 1.03 bits per heavy atom. The van der Waals surface area contributed by atoms with Crippen LogP contribution in [-0.2, 0) is 15.8 Å². The van der Waals surface area contributed by atoms with Gasteiger partial charge in [-0.15, -0.1) is 0 Å². The largest absolute Gasteiger partial charge is 0.340 e. The molecule has 1 amide bonds. The number of hydrogen-bond acceptors (Lipinski definition) is 7. The van der Waals surface area contributed by atoms with Crippen molar-refractivity contribution in [2.75, 3.05) is 29.3 Å². The van der Waals surface area contributed by atoms with Gasteiger partial charge in [0.25, 0.3) is 0 Å². The van der Waals surface area contributed by atoms with E-state index >= 15 is 0 Å². The van der Waals surface area contributed by atoms with Crippen LogP contribution >= 0.6 is 7.14 Å². The number of nitrogens with one attached hydrogen (secondary N) is 4. The number of anilines is 5. The molecule has 162 valence electrons. The van der Waals surface area contributed by atoms with Crippen LogP contribution in [0, 0.1) is 0 Å². The molecule has 0 saturated carbocycles. The normalized spacial score (nSPS) is 13.5. The molecule has 0 spiro atoms. The fourth-order valence-corrected chi connectivity index (χ4v) is 4.90. The molecule has 32 heavy (non-hydrogen) atoms. The average Bonchev–Trinajstić information content (AvgIpc) is 3.22. The van der Waals surface area contributed by atoms with Gasteiger partial charge in [0.2, 0.25) is 11.9 Å². The van der Waals surface area contributed by atoms with Crippen molar-refractivity contribution in [1.82, 2.24) is 19.9 Å². The van der Waals surface area contributed by atoms with Crippen LogP contribution in [0.25, 0.3) is 11.2 Å². The minimum absolute atomic E-state index is 0.0326. The number of H-pyrrole nitrogens is 1.